The summed E-state index contributed by atoms with van der Waals surface area (Å²) in [5, 5.41) is 3.31. The van der Waals surface area contributed by atoms with Gasteiger partial charge in [0.2, 0.25) is 0 Å². The molecule has 1 aromatic heterocycles. The summed E-state index contributed by atoms with van der Waals surface area (Å²) < 4.78 is 7.22. The van der Waals surface area contributed by atoms with Crippen molar-refractivity contribution in [3.63, 3.8) is 0 Å². The molecule has 2 rings (SSSR count). The van der Waals surface area contributed by atoms with Crippen molar-refractivity contribution in [1.29, 1.82) is 0 Å². The summed E-state index contributed by atoms with van der Waals surface area (Å²) in [6.45, 7) is 2.29. The number of pyridine rings is 1. The molecule has 0 spiro atoms. The molecule has 0 radical (unpaired) electrons. The third-order valence-electron chi connectivity index (χ3n) is 3.44. The predicted molar refractivity (Wildman–Crippen MR) is 90.2 cm³/mol. The topological polar surface area (TPSA) is 60.3 Å². The second kappa shape index (κ2) is 7.83. The van der Waals surface area contributed by atoms with E-state index in [9.17, 15) is 9.59 Å². The van der Waals surface area contributed by atoms with Crippen molar-refractivity contribution in [3.8, 4) is 5.75 Å². The van der Waals surface area contributed by atoms with Crippen molar-refractivity contribution in [1.82, 2.24) is 9.88 Å². The van der Waals surface area contributed by atoms with Crippen LogP contribution in [0.3, 0.4) is 0 Å². The Morgan fingerprint density at radius 1 is 1.35 bits per heavy atom. The molecule has 0 fully saturated rings. The number of amides is 1. The highest BCUT2D eigenvalue weighted by molar-refractivity contribution is 6.32. The fourth-order valence-corrected chi connectivity index (χ4v) is 2.17. The van der Waals surface area contributed by atoms with Crippen molar-refractivity contribution in [2.75, 3.05) is 6.54 Å². The molecule has 0 saturated heterocycles. The number of benzene rings is 1. The van der Waals surface area contributed by atoms with Crippen molar-refractivity contribution < 1.29 is 9.53 Å². The monoisotopic (exact) mass is 334 g/mol. The Kier molecular flexibility index (Phi) is 5.82. The van der Waals surface area contributed by atoms with Crippen LogP contribution in [-0.4, -0.2) is 23.1 Å². The number of rotatable bonds is 6. The molecule has 2 aromatic rings. The number of aryl methyl sites for hydroxylation is 1. The van der Waals surface area contributed by atoms with Gasteiger partial charge in [0.05, 0.1) is 11.6 Å². The van der Waals surface area contributed by atoms with Gasteiger partial charge in [-0.05, 0) is 24.6 Å². The van der Waals surface area contributed by atoms with Crippen LogP contribution in [0.4, 0.5) is 0 Å². The van der Waals surface area contributed by atoms with E-state index in [4.69, 9.17) is 16.3 Å². The minimum absolute atomic E-state index is 0.203. The van der Waals surface area contributed by atoms with Crippen LogP contribution >= 0.6 is 11.6 Å². The first kappa shape index (κ1) is 17.1. The molecule has 1 atom stereocenters. The number of aromatic nitrogens is 1. The van der Waals surface area contributed by atoms with Gasteiger partial charge in [-0.15, -0.1) is 0 Å². The minimum atomic E-state index is -0.302. The molecule has 6 heteroatoms. The lowest BCUT2D eigenvalue weighted by molar-refractivity contribution is 0.0926. The van der Waals surface area contributed by atoms with Crippen LogP contribution in [0.15, 0.2) is 47.4 Å². The third-order valence-corrected chi connectivity index (χ3v) is 3.75. The number of hydrogen-bond acceptors (Lipinski definition) is 3. The van der Waals surface area contributed by atoms with Crippen LogP contribution in [-0.2, 0) is 7.05 Å². The number of nitrogens with zero attached hydrogens (tertiary/aromatic N) is 1. The zero-order valence-electron chi connectivity index (χ0n) is 13.1. The smallest absolute Gasteiger partial charge is 0.251 e. The number of para-hydroxylation sites is 1. The Hall–Kier alpha value is -2.27. The Labute approximate surface area is 139 Å². The van der Waals surface area contributed by atoms with Crippen molar-refractivity contribution in [3.05, 3.63) is 63.5 Å². The number of nitrogens with one attached hydrogen (secondary N) is 1. The molecule has 0 bridgehead atoms. The summed E-state index contributed by atoms with van der Waals surface area (Å²) in [6.07, 6.45) is 2.07. The first-order valence-electron chi connectivity index (χ1n) is 7.37. The molecule has 122 valence electrons. The van der Waals surface area contributed by atoms with Gasteiger partial charge in [-0.2, -0.15) is 0 Å². The largest absolute Gasteiger partial charge is 0.487 e. The molecule has 0 saturated carbocycles. The molecule has 1 aromatic carbocycles. The lowest BCUT2D eigenvalue weighted by Crippen LogP contribution is -2.35. The van der Waals surface area contributed by atoms with Crippen LogP contribution in [0.25, 0.3) is 0 Å². The fourth-order valence-electron chi connectivity index (χ4n) is 1.99. The SMILES string of the molecule is CC[C@H](CNC(=O)c1ccn(C)c(=O)c1)Oc1ccccc1Cl. The highest BCUT2D eigenvalue weighted by Crippen LogP contribution is 2.24. The summed E-state index contributed by atoms with van der Waals surface area (Å²) >= 11 is 6.07. The first-order valence-corrected chi connectivity index (χ1v) is 7.75. The van der Waals surface area contributed by atoms with Gasteiger partial charge < -0.3 is 14.6 Å². The standard InChI is InChI=1S/C17H19ClN2O3/c1-3-13(23-15-7-5-4-6-14(15)18)11-19-17(22)12-8-9-20(2)16(21)10-12/h4-10,13H,3,11H2,1-2H3,(H,19,22)/t13-/m1/s1. The summed E-state index contributed by atoms with van der Waals surface area (Å²) in [4.78, 5) is 23.7. The van der Waals surface area contributed by atoms with E-state index in [1.165, 1.54) is 10.6 Å². The van der Waals surface area contributed by atoms with Crippen LogP contribution < -0.4 is 15.6 Å². The van der Waals surface area contributed by atoms with E-state index in [1.807, 2.05) is 19.1 Å². The zero-order valence-corrected chi connectivity index (χ0v) is 13.8. The summed E-state index contributed by atoms with van der Waals surface area (Å²) in [5.74, 6) is 0.285. The molecular formula is C17H19ClN2O3. The molecule has 0 aliphatic rings. The Balaban J connectivity index is 1.97. The van der Waals surface area contributed by atoms with Gasteiger partial charge in [0.15, 0.2) is 0 Å². The Bertz CT molecular complexity index is 743. The van der Waals surface area contributed by atoms with Crippen molar-refractivity contribution in [2.45, 2.75) is 19.4 Å². The average molecular weight is 335 g/mol. The molecule has 0 aliphatic heterocycles. The van der Waals surface area contributed by atoms with E-state index in [2.05, 4.69) is 5.32 Å². The minimum Gasteiger partial charge on any atom is -0.487 e. The molecule has 5 nitrogen and oxygen atoms in total. The first-order chi connectivity index (χ1) is 11.0. The maximum Gasteiger partial charge on any atom is 0.251 e. The lowest BCUT2D eigenvalue weighted by atomic mass is 10.2. The molecule has 1 amide bonds. The second-order valence-electron chi connectivity index (χ2n) is 5.15. The summed E-state index contributed by atoms with van der Waals surface area (Å²) in [7, 11) is 1.63. The lowest BCUT2D eigenvalue weighted by Gasteiger charge is -2.19. The summed E-state index contributed by atoms with van der Waals surface area (Å²) in [5.41, 5.74) is 0.109. The van der Waals surface area contributed by atoms with E-state index in [1.54, 1.807) is 31.4 Å². The van der Waals surface area contributed by atoms with E-state index in [0.29, 0.717) is 29.3 Å². The highest BCUT2D eigenvalue weighted by Gasteiger charge is 2.13. The fraction of sp³-hybridized carbons (Fsp3) is 0.294. The Morgan fingerprint density at radius 3 is 2.74 bits per heavy atom. The van der Waals surface area contributed by atoms with E-state index in [-0.39, 0.29) is 17.6 Å². The predicted octanol–water partition coefficient (Wildman–Crippen LogP) is 2.63. The molecule has 0 aliphatic carbocycles. The number of halogens is 1. The zero-order chi connectivity index (χ0) is 16.8. The van der Waals surface area contributed by atoms with Gasteiger partial charge in [0.1, 0.15) is 11.9 Å². The molecule has 1 heterocycles. The van der Waals surface area contributed by atoms with Crippen LogP contribution in [0.1, 0.15) is 23.7 Å². The molecular weight excluding hydrogens is 316 g/mol. The maximum absolute atomic E-state index is 12.1. The van der Waals surface area contributed by atoms with Crippen LogP contribution in [0, 0.1) is 0 Å². The molecule has 1 N–H and O–H groups in total. The average Bonchev–Trinajstić information content (AvgIpc) is 2.55. The number of hydrogen-bond donors (Lipinski definition) is 1. The van der Waals surface area contributed by atoms with Gasteiger partial charge in [0, 0.05) is 24.9 Å². The van der Waals surface area contributed by atoms with Gasteiger partial charge in [0.25, 0.3) is 11.5 Å². The quantitative estimate of drug-likeness (QED) is 0.883. The molecule has 23 heavy (non-hydrogen) atoms. The van der Waals surface area contributed by atoms with E-state index < -0.39 is 0 Å². The van der Waals surface area contributed by atoms with E-state index >= 15 is 0 Å². The maximum atomic E-state index is 12.1. The van der Waals surface area contributed by atoms with Crippen molar-refractivity contribution in [2.24, 2.45) is 7.05 Å². The second-order valence-corrected chi connectivity index (χ2v) is 5.56. The summed E-state index contributed by atoms with van der Waals surface area (Å²) in [6, 6.07) is 10.1. The third kappa shape index (κ3) is 4.60. The van der Waals surface area contributed by atoms with Crippen LogP contribution in [0.2, 0.25) is 5.02 Å². The van der Waals surface area contributed by atoms with Gasteiger partial charge >= 0.3 is 0 Å². The van der Waals surface area contributed by atoms with Gasteiger partial charge in [-0.3, -0.25) is 9.59 Å². The van der Waals surface area contributed by atoms with Gasteiger partial charge in [-0.1, -0.05) is 30.7 Å². The Morgan fingerprint density at radius 2 is 2.09 bits per heavy atom. The highest BCUT2D eigenvalue weighted by atomic mass is 35.5. The van der Waals surface area contributed by atoms with Gasteiger partial charge in [-0.25, -0.2) is 0 Å². The normalized spacial score (nSPS) is 11.8. The van der Waals surface area contributed by atoms with E-state index in [0.717, 1.165) is 0 Å². The molecule has 0 unspecified atom stereocenters. The number of carbonyl (C=O) groups is 1. The number of carbonyl (C=O) groups excluding carboxylic acids is 1. The van der Waals surface area contributed by atoms with Crippen LogP contribution in [0.5, 0.6) is 5.75 Å². The number of ether oxygens (including phenoxy) is 1. The van der Waals surface area contributed by atoms with Crippen molar-refractivity contribution >= 4 is 17.5 Å².